The van der Waals surface area contributed by atoms with Crippen molar-refractivity contribution in [3.8, 4) is 0 Å². The van der Waals surface area contributed by atoms with Gasteiger partial charge in [0.15, 0.2) is 0 Å². The monoisotopic (exact) mass is 937 g/mol. The molecular weight excluding hydrogens is 875 g/mol. The SMILES string of the molecule is CC[C@H](C)[C@@H]1NC(=O)[C@H](CC(N)=O)NC(=O)[C@@H](N)CC(=O)NCCCC[C@@H](C(N)=O)NC(=O)[C@H](Cc2c[nH]c3ccccc23)NC(=O)[C@@H]2C[C@H](n3cc(Cc4cc(C)cc(C)c4)nn3)CN2C1=O. The number of nitrogens with one attached hydrogen (secondary N) is 6. The Morgan fingerprint density at radius 3 is 2.29 bits per heavy atom. The third kappa shape index (κ3) is 12.8. The average molecular weight is 938 g/mol. The van der Waals surface area contributed by atoms with Crippen LogP contribution in [0.4, 0.5) is 0 Å². The minimum Gasteiger partial charge on any atom is -0.370 e. The summed E-state index contributed by atoms with van der Waals surface area (Å²) in [5.74, 6) is -6.77. The molecule has 2 aromatic carbocycles. The van der Waals surface area contributed by atoms with Gasteiger partial charge in [-0.3, -0.25) is 38.4 Å². The molecule has 2 aliphatic rings. The van der Waals surface area contributed by atoms with Gasteiger partial charge in [0, 0.05) is 55.6 Å². The fraction of sp³-hybridized carbons (Fsp3) is 0.489. The van der Waals surface area contributed by atoms with Crippen LogP contribution in [0.2, 0.25) is 0 Å². The van der Waals surface area contributed by atoms with E-state index in [2.05, 4.69) is 60.1 Å². The number of primary amides is 2. The van der Waals surface area contributed by atoms with E-state index in [4.69, 9.17) is 17.2 Å². The van der Waals surface area contributed by atoms with E-state index >= 15 is 4.79 Å². The first-order valence-electron chi connectivity index (χ1n) is 23.0. The molecular formula is C47H63N13O8. The van der Waals surface area contributed by atoms with E-state index in [-0.39, 0.29) is 32.4 Å². The van der Waals surface area contributed by atoms with Crippen LogP contribution in [0, 0.1) is 19.8 Å². The van der Waals surface area contributed by atoms with Gasteiger partial charge in [0.05, 0.1) is 30.6 Å². The highest BCUT2D eigenvalue weighted by Crippen LogP contribution is 2.30. The minimum absolute atomic E-state index is 0.0191. The molecule has 12 N–H and O–H groups in total. The highest BCUT2D eigenvalue weighted by atomic mass is 16.2. The average Bonchev–Trinajstić information content (AvgIpc) is 4.05. The van der Waals surface area contributed by atoms with Gasteiger partial charge in [-0.2, -0.15) is 0 Å². The number of H-pyrrole nitrogens is 1. The molecule has 68 heavy (non-hydrogen) atoms. The van der Waals surface area contributed by atoms with E-state index in [9.17, 15) is 33.6 Å². The zero-order chi connectivity index (χ0) is 49.2. The molecule has 2 fully saturated rings. The van der Waals surface area contributed by atoms with Gasteiger partial charge in [-0.25, -0.2) is 4.68 Å². The van der Waals surface area contributed by atoms with Crippen molar-refractivity contribution >= 4 is 58.2 Å². The number of nitrogens with two attached hydrogens (primary N) is 3. The summed E-state index contributed by atoms with van der Waals surface area (Å²) in [6.45, 7) is 7.61. The number of hydrogen-bond acceptors (Lipinski definition) is 11. The molecule has 21 heteroatoms. The summed E-state index contributed by atoms with van der Waals surface area (Å²) in [4.78, 5) is 114. The Morgan fingerprint density at radius 2 is 1.59 bits per heavy atom. The summed E-state index contributed by atoms with van der Waals surface area (Å²) in [5, 5.41) is 23.1. The number of benzene rings is 2. The third-order valence-corrected chi connectivity index (χ3v) is 12.7. The zero-order valence-corrected chi connectivity index (χ0v) is 38.9. The van der Waals surface area contributed by atoms with Gasteiger partial charge in [0.2, 0.25) is 47.3 Å². The Bertz CT molecular complexity index is 2500. The number of fused-ring (bicyclic) bond motifs is 2. The molecule has 2 saturated heterocycles. The first-order chi connectivity index (χ1) is 32.4. The lowest BCUT2D eigenvalue weighted by Crippen LogP contribution is -2.60. The van der Waals surface area contributed by atoms with Crippen LogP contribution in [-0.2, 0) is 51.2 Å². The quantitative estimate of drug-likeness (QED) is 0.0996. The molecule has 0 saturated carbocycles. The molecule has 0 spiro atoms. The van der Waals surface area contributed by atoms with Gasteiger partial charge in [-0.1, -0.05) is 73.0 Å². The lowest BCUT2D eigenvalue weighted by molar-refractivity contribution is -0.143. The van der Waals surface area contributed by atoms with Crippen molar-refractivity contribution in [2.75, 3.05) is 13.1 Å². The summed E-state index contributed by atoms with van der Waals surface area (Å²) in [6, 6.07) is 5.08. The molecule has 2 aliphatic heterocycles. The maximum Gasteiger partial charge on any atom is 0.246 e. The number of aromatic amines is 1. The fourth-order valence-electron chi connectivity index (χ4n) is 8.88. The van der Waals surface area contributed by atoms with E-state index < -0.39 is 108 Å². The van der Waals surface area contributed by atoms with E-state index in [1.165, 1.54) is 4.90 Å². The van der Waals surface area contributed by atoms with Crippen LogP contribution in [0.25, 0.3) is 10.9 Å². The molecule has 0 unspecified atom stereocenters. The summed E-state index contributed by atoms with van der Waals surface area (Å²) >= 11 is 0. The zero-order valence-electron chi connectivity index (χ0n) is 38.9. The van der Waals surface area contributed by atoms with Gasteiger partial charge in [-0.05, 0) is 56.2 Å². The Kier molecular flexibility index (Phi) is 16.7. The summed E-state index contributed by atoms with van der Waals surface area (Å²) in [5.41, 5.74) is 22.7. The number of rotatable bonds is 10. The van der Waals surface area contributed by atoms with Crippen molar-refractivity contribution in [3.63, 3.8) is 0 Å². The number of amides is 8. The van der Waals surface area contributed by atoms with Crippen LogP contribution in [0.1, 0.15) is 92.8 Å². The predicted octanol–water partition coefficient (Wildman–Crippen LogP) is -0.285. The van der Waals surface area contributed by atoms with Gasteiger partial charge >= 0.3 is 0 Å². The number of carbonyl (C=O) groups is 8. The normalized spacial score (nSPS) is 24.5. The molecule has 6 rings (SSSR count). The highest BCUT2D eigenvalue weighted by Gasteiger charge is 2.45. The molecule has 8 amide bonds. The molecule has 4 aromatic rings. The molecule has 0 aliphatic carbocycles. The van der Waals surface area contributed by atoms with Crippen LogP contribution < -0.4 is 43.8 Å². The Morgan fingerprint density at radius 1 is 0.882 bits per heavy atom. The summed E-state index contributed by atoms with van der Waals surface area (Å²) in [7, 11) is 0. The second-order valence-corrected chi connectivity index (χ2v) is 18.1. The Hall–Kier alpha value is -7.16. The van der Waals surface area contributed by atoms with E-state index in [0.717, 1.165) is 27.6 Å². The molecule has 4 heterocycles. The summed E-state index contributed by atoms with van der Waals surface area (Å²) in [6.07, 6.45) is 4.01. The Balaban J connectivity index is 1.38. The van der Waals surface area contributed by atoms with Crippen LogP contribution in [0.15, 0.2) is 54.9 Å². The van der Waals surface area contributed by atoms with Crippen LogP contribution in [0.3, 0.4) is 0 Å². The molecule has 8 atom stereocenters. The Labute approximate surface area is 393 Å². The number of nitrogens with zero attached hydrogens (tertiary/aromatic N) is 4. The van der Waals surface area contributed by atoms with Crippen molar-refractivity contribution in [3.05, 3.63) is 82.8 Å². The highest BCUT2D eigenvalue weighted by molar-refractivity contribution is 5.99. The minimum atomic E-state index is -1.58. The van der Waals surface area contributed by atoms with Crippen molar-refractivity contribution in [2.24, 2.45) is 23.1 Å². The van der Waals surface area contributed by atoms with Crippen molar-refractivity contribution < 1.29 is 38.4 Å². The van der Waals surface area contributed by atoms with E-state index in [1.54, 1.807) is 30.9 Å². The van der Waals surface area contributed by atoms with Crippen molar-refractivity contribution in [2.45, 2.75) is 128 Å². The largest absolute Gasteiger partial charge is 0.370 e. The third-order valence-electron chi connectivity index (χ3n) is 12.7. The lowest BCUT2D eigenvalue weighted by Gasteiger charge is -2.33. The van der Waals surface area contributed by atoms with E-state index in [1.807, 2.05) is 38.1 Å². The first kappa shape index (κ1) is 50.3. The number of aromatic nitrogens is 4. The number of aryl methyl sites for hydroxylation is 2. The molecule has 0 bridgehead atoms. The van der Waals surface area contributed by atoms with Gasteiger partial charge in [0.1, 0.15) is 30.2 Å². The maximum absolute atomic E-state index is 15.0. The second kappa shape index (κ2) is 22.6. The number of hydrogen-bond donors (Lipinski definition) is 9. The first-order valence-corrected chi connectivity index (χ1v) is 23.0. The van der Waals surface area contributed by atoms with Crippen molar-refractivity contribution in [1.82, 2.24) is 51.5 Å². The van der Waals surface area contributed by atoms with Crippen LogP contribution in [0.5, 0.6) is 0 Å². The molecule has 0 radical (unpaired) electrons. The second-order valence-electron chi connectivity index (χ2n) is 18.1. The van der Waals surface area contributed by atoms with Crippen LogP contribution >= 0.6 is 0 Å². The lowest BCUT2D eigenvalue weighted by atomic mass is 9.96. The van der Waals surface area contributed by atoms with Gasteiger partial charge < -0.3 is 53.7 Å². The maximum atomic E-state index is 15.0. The van der Waals surface area contributed by atoms with Gasteiger partial charge in [-0.15, -0.1) is 5.10 Å². The number of carbonyl (C=O) groups excluding carboxylic acids is 8. The van der Waals surface area contributed by atoms with Crippen molar-refractivity contribution in [1.29, 1.82) is 0 Å². The van der Waals surface area contributed by atoms with E-state index in [0.29, 0.717) is 36.9 Å². The fourth-order valence-corrected chi connectivity index (χ4v) is 8.88. The topological polar surface area (TPSA) is 325 Å². The molecule has 2 aromatic heterocycles. The predicted molar refractivity (Wildman–Crippen MR) is 250 cm³/mol. The van der Waals surface area contributed by atoms with Crippen LogP contribution in [-0.4, -0.2) is 121 Å². The smallest absolute Gasteiger partial charge is 0.246 e. The summed E-state index contributed by atoms with van der Waals surface area (Å²) < 4.78 is 1.60. The van der Waals surface area contributed by atoms with Gasteiger partial charge in [0.25, 0.3) is 0 Å². The number of para-hydroxylation sites is 1. The molecule has 21 nitrogen and oxygen atoms in total. The standard InChI is InChI=1S/C47H63N13O8/c1-5-27(4)41-47(68)59-24-31(60-23-30(57-58-60)17-28-15-25(2)14-26(3)16-28)19-38(59)46(67)55-36(18-29-22-52-34-11-7-6-10-32(29)34)44(65)53-35(42(50)63)12-8-9-13-51-40(62)20-33(48)43(64)54-37(21-39(49)61)45(66)56-41/h6-7,10-11,14-16,22-23,27,31,33,35-38,41,52H,5,8-9,12-13,17-21,24,48H2,1-4H3,(H2,49,61)(H2,50,63)(H,51,62)(H,53,65)(H,54,64)(H,55,67)(H,56,66)/t27-,31-,33-,35-,36-,37-,38-,41-/m0/s1. The molecule has 364 valence electrons.